The third-order valence-electron chi connectivity index (χ3n) is 4.01. The van der Waals surface area contributed by atoms with Gasteiger partial charge in [-0.1, -0.05) is 19.1 Å². The second-order valence-electron chi connectivity index (χ2n) is 5.44. The molecule has 0 amide bonds. The van der Waals surface area contributed by atoms with Gasteiger partial charge in [0.1, 0.15) is 11.9 Å². The monoisotopic (exact) mass is 262 g/mol. The highest BCUT2D eigenvalue weighted by atomic mass is 16.5. The van der Waals surface area contributed by atoms with Gasteiger partial charge in [0.2, 0.25) is 0 Å². The Kier molecular flexibility index (Phi) is 5.23. The molecule has 1 aliphatic heterocycles. The highest BCUT2D eigenvalue weighted by Crippen LogP contribution is 2.22. The molecule has 1 fully saturated rings. The Morgan fingerprint density at radius 2 is 1.89 bits per heavy atom. The molecule has 1 heterocycles. The summed E-state index contributed by atoms with van der Waals surface area (Å²) in [4.78, 5) is 2.36. The fourth-order valence-electron chi connectivity index (χ4n) is 2.68. The van der Waals surface area contributed by atoms with Gasteiger partial charge in [-0.05, 0) is 51.1 Å². The van der Waals surface area contributed by atoms with Gasteiger partial charge in [-0.15, -0.1) is 0 Å². The molecule has 1 aromatic rings. The second kappa shape index (κ2) is 6.92. The van der Waals surface area contributed by atoms with Crippen molar-refractivity contribution in [2.45, 2.75) is 38.3 Å². The Balaban J connectivity index is 1.91. The minimum absolute atomic E-state index is 0.383. The molecule has 19 heavy (non-hydrogen) atoms. The van der Waals surface area contributed by atoms with E-state index in [1.165, 1.54) is 5.56 Å². The first kappa shape index (κ1) is 14.4. The number of hydrogen-bond donors (Lipinski definition) is 1. The maximum atomic E-state index is 6.06. The summed E-state index contributed by atoms with van der Waals surface area (Å²) in [6.45, 7) is 4.48. The van der Waals surface area contributed by atoms with Crippen molar-refractivity contribution < 1.29 is 4.74 Å². The fourth-order valence-corrected chi connectivity index (χ4v) is 2.68. The summed E-state index contributed by atoms with van der Waals surface area (Å²) >= 11 is 0. The maximum Gasteiger partial charge on any atom is 0.119 e. The number of benzene rings is 1. The van der Waals surface area contributed by atoms with E-state index in [4.69, 9.17) is 4.74 Å². The number of piperidine rings is 1. The molecule has 3 nitrogen and oxygen atoms in total. The van der Waals surface area contributed by atoms with Gasteiger partial charge in [-0.25, -0.2) is 0 Å². The molecular formula is C16H26N2O. The molecule has 3 heteroatoms. The number of likely N-dealkylation sites (tertiary alicyclic amines) is 1. The van der Waals surface area contributed by atoms with Crippen LogP contribution in [0.3, 0.4) is 0 Å². The molecule has 0 saturated carbocycles. The smallest absolute Gasteiger partial charge is 0.119 e. The Morgan fingerprint density at radius 1 is 1.26 bits per heavy atom. The lowest BCUT2D eigenvalue weighted by molar-refractivity contribution is 0.114. The molecule has 1 unspecified atom stereocenters. The molecule has 106 valence electrons. The molecule has 1 saturated heterocycles. The van der Waals surface area contributed by atoms with Gasteiger partial charge in [-0.2, -0.15) is 0 Å². The van der Waals surface area contributed by atoms with Crippen LogP contribution in [-0.4, -0.2) is 38.2 Å². The third kappa shape index (κ3) is 3.95. The van der Waals surface area contributed by atoms with Gasteiger partial charge in [0.25, 0.3) is 0 Å². The highest BCUT2D eigenvalue weighted by Gasteiger charge is 2.18. The van der Waals surface area contributed by atoms with Crippen molar-refractivity contribution in [1.29, 1.82) is 0 Å². The van der Waals surface area contributed by atoms with Crippen LogP contribution in [0.5, 0.6) is 5.75 Å². The summed E-state index contributed by atoms with van der Waals surface area (Å²) in [6.07, 6.45) is 3.75. The van der Waals surface area contributed by atoms with E-state index in [0.717, 1.165) is 38.1 Å². The molecule has 0 bridgehead atoms. The fraction of sp³-hybridized carbons (Fsp3) is 0.625. The standard InChI is InChI=1S/C16H26N2O/c1-4-16(17-2)13-5-7-14(8-6-13)19-15-9-11-18(3)12-10-15/h5-8,15-17H,4,9-12H2,1-3H3. The van der Waals surface area contributed by atoms with Gasteiger partial charge in [-0.3, -0.25) is 0 Å². The Labute approximate surface area is 116 Å². The largest absolute Gasteiger partial charge is 0.490 e. The van der Waals surface area contributed by atoms with Crippen LogP contribution in [0.1, 0.15) is 37.8 Å². The first-order chi connectivity index (χ1) is 9.22. The molecule has 2 rings (SSSR count). The summed E-state index contributed by atoms with van der Waals surface area (Å²) < 4.78 is 6.06. The van der Waals surface area contributed by atoms with Crippen molar-refractivity contribution in [3.05, 3.63) is 29.8 Å². The zero-order valence-electron chi connectivity index (χ0n) is 12.4. The normalized spacial score (nSPS) is 19.3. The second-order valence-corrected chi connectivity index (χ2v) is 5.44. The average Bonchev–Trinajstić information content (AvgIpc) is 2.44. The molecule has 0 aliphatic carbocycles. The van der Waals surface area contributed by atoms with Gasteiger partial charge >= 0.3 is 0 Å². The van der Waals surface area contributed by atoms with Crippen LogP contribution in [-0.2, 0) is 0 Å². The van der Waals surface area contributed by atoms with E-state index >= 15 is 0 Å². The van der Waals surface area contributed by atoms with Crippen molar-refractivity contribution in [2.75, 3.05) is 27.2 Å². The van der Waals surface area contributed by atoms with Gasteiger partial charge in [0.05, 0.1) is 0 Å². The lowest BCUT2D eigenvalue weighted by Gasteiger charge is -2.29. The Morgan fingerprint density at radius 3 is 2.42 bits per heavy atom. The zero-order chi connectivity index (χ0) is 13.7. The van der Waals surface area contributed by atoms with E-state index < -0.39 is 0 Å². The molecule has 1 aromatic carbocycles. The molecule has 1 aliphatic rings. The summed E-state index contributed by atoms with van der Waals surface area (Å²) in [5.74, 6) is 1.00. The van der Waals surface area contributed by atoms with E-state index in [-0.39, 0.29) is 0 Å². The maximum absolute atomic E-state index is 6.06. The predicted octanol–water partition coefficient (Wildman–Crippen LogP) is 2.83. The summed E-state index contributed by atoms with van der Waals surface area (Å²) in [5.41, 5.74) is 1.33. The molecule has 1 atom stereocenters. The Bertz CT molecular complexity index is 365. The lowest BCUT2D eigenvalue weighted by atomic mass is 10.0. The lowest BCUT2D eigenvalue weighted by Crippen LogP contribution is -2.35. The quantitative estimate of drug-likeness (QED) is 0.883. The SMILES string of the molecule is CCC(NC)c1ccc(OC2CCN(C)CC2)cc1. The predicted molar refractivity (Wildman–Crippen MR) is 79.7 cm³/mol. The zero-order valence-corrected chi connectivity index (χ0v) is 12.4. The van der Waals surface area contributed by atoms with Crippen LogP contribution in [0.2, 0.25) is 0 Å². The van der Waals surface area contributed by atoms with Crippen molar-refractivity contribution in [1.82, 2.24) is 10.2 Å². The van der Waals surface area contributed by atoms with E-state index in [0.29, 0.717) is 12.1 Å². The number of rotatable bonds is 5. The molecule has 0 aromatic heterocycles. The molecular weight excluding hydrogens is 236 g/mol. The highest BCUT2D eigenvalue weighted by molar-refractivity contribution is 5.29. The minimum Gasteiger partial charge on any atom is -0.490 e. The van der Waals surface area contributed by atoms with Gasteiger partial charge in [0, 0.05) is 19.1 Å². The first-order valence-corrected chi connectivity index (χ1v) is 7.35. The molecule has 1 N–H and O–H groups in total. The van der Waals surface area contributed by atoms with Crippen molar-refractivity contribution >= 4 is 0 Å². The van der Waals surface area contributed by atoms with Gasteiger partial charge < -0.3 is 15.0 Å². The summed E-state index contributed by atoms with van der Waals surface area (Å²) in [7, 11) is 4.19. The van der Waals surface area contributed by atoms with Crippen molar-refractivity contribution in [3.8, 4) is 5.75 Å². The summed E-state index contributed by atoms with van der Waals surface area (Å²) in [5, 5.41) is 3.33. The number of nitrogens with zero attached hydrogens (tertiary/aromatic N) is 1. The first-order valence-electron chi connectivity index (χ1n) is 7.35. The van der Waals surface area contributed by atoms with E-state index in [9.17, 15) is 0 Å². The number of ether oxygens (including phenoxy) is 1. The molecule has 0 radical (unpaired) electrons. The number of nitrogens with one attached hydrogen (secondary N) is 1. The van der Waals surface area contributed by atoms with Crippen LogP contribution in [0, 0.1) is 0 Å². The van der Waals surface area contributed by atoms with Crippen LogP contribution >= 0.6 is 0 Å². The topological polar surface area (TPSA) is 24.5 Å². The third-order valence-corrected chi connectivity index (χ3v) is 4.01. The minimum atomic E-state index is 0.383. The van der Waals surface area contributed by atoms with E-state index in [1.54, 1.807) is 0 Å². The van der Waals surface area contributed by atoms with Crippen molar-refractivity contribution in [3.63, 3.8) is 0 Å². The van der Waals surface area contributed by atoms with Gasteiger partial charge in [0.15, 0.2) is 0 Å². The molecule has 0 spiro atoms. The van der Waals surface area contributed by atoms with Crippen LogP contribution < -0.4 is 10.1 Å². The summed E-state index contributed by atoms with van der Waals surface area (Å²) in [6, 6.07) is 9.00. The Hall–Kier alpha value is -1.06. The van der Waals surface area contributed by atoms with E-state index in [1.807, 2.05) is 7.05 Å². The van der Waals surface area contributed by atoms with Crippen LogP contribution in [0.25, 0.3) is 0 Å². The van der Waals surface area contributed by atoms with Crippen LogP contribution in [0.15, 0.2) is 24.3 Å². The van der Waals surface area contributed by atoms with E-state index in [2.05, 4.69) is 48.5 Å². The number of hydrogen-bond acceptors (Lipinski definition) is 3. The average molecular weight is 262 g/mol. The van der Waals surface area contributed by atoms with Crippen molar-refractivity contribution in [2.24, 2.45) is 0 Å². The van der Waals surface area contributed by atoms with Crippen LogP contribution in [0.4, 0.5) is 0 Å².